The predicted octanol–water partition coefficient (Wildman–Crippen LogP) is 4.48. The van der Waals surface area contributed by atoms with E-state index in [1.807, 2.05) is 0 Å². The molecule has 1 saturated heterocycles. The Hall–Kier alpha value is -0.820. The van der Waals surface area contributed by atoms with Gasteiger partial charge in [-0.2, -0.15) is 0 Å². The van der Waals surface area contributed by atoms with Crippen molar-refractivity contribution >= 4 is 0 Å². The van der Waals surface area contributed by atoms with Crippen LogP contribution >= 0.6 is 0 Å². The van der Waals surface area contributed by atoms with E-state index in [2.05, 4.69) is 51.1 Å². The molecule has 1 heterocycles. The Morgan fingerprint density at radius 3 is 2.16 bits per heavy atom. The average molecular weight is 260 g/mol. The summed E-state index contributed by atoms with van der Waals surface area (Å²) < 4.78 is 1.32. The van der Waals surface area contributed by atoms with Crippen LogP contribution in [0.5, 0.6) is 0 Å². The maximum absolute atomic E-state index is 2.43. The molecule has 0 aliphatic carbocycles. The molecular weight excluding hydrogens is 230 g/mol. The molecule has 0 aromatic heterocycles. The lowest BCUT2D eigenvalue weighted by molar-refractivity contribution is -0.948. The molecule has 19 heavy (non-hydrogen) atoms. The van der Waals surface area contributed by atoms with Gasteiger partial charge in [0.25, 0.3) is 0 Å². The molecule has 1 unspecified atom stereocenters. The van der Waals surface area contributed by atoms with Gasteiger partial charge in [0, 0.05) is 11.5 Å². The molecule has 0 N–H and O–H groups in total. The second-order valence-corrected chi connectivity index (χ2v) is 6.90. The first-order chi connectivity index (χ1) is 9.11. The van der Waals surface area contributed by atoms with Gasteiger partial charge in [-0.3, -0.25) is 0 Å². The van der Waals surface area contributed by atoms with Crippen LogP contribution in [0.25, 0.3) is 0 Å². The molecular formula is C18H30N+. The number of hydrogen-bond donors (Lipinski definition) is 0. The van der Waals surface area contributed by atoms with Gasteiger partial charge >= 0.3 is 0 Å². The van der Waals surface area contributed by atoms with Crippen LogP contribution in [0.1, 0.15) is 45.6 Å². The summed E-state index contributed by atoms with van der Waals surface area (Å²) in [6, 6.07) is 11.1. The Balaban J connectivity index is 2.10. The molecule has 0 bridgehead atoms. The van der Waals surface area contributed by atoms with Crippen LogP contribution in [-0.2, 0) is 6.54 Å². The lowest BCUT2D eigenvalue weighted by Crippen LogP contribution is -2.53. The molecule has 0 amide bonds. The molecule has 2 rings (SSSR count). The molecule has 0 radical (unpaired) electrons. The zero-order valence-corrected chi connectivity index (χ0v) is 12.9. The van der Waals surface area contributed by atoms with Gasteiger partial charge in [0.15, 0.2) is 0 Å². The zero-order valence-electron chi connectivity index (χ0n) is 12.9. The van der Waals surface area contributed by atoms with Crippen molar-refractivity contribution in [1.82, 2.24) is 0 Å². The molecule has 1 aromatic carbocycles. The smallest absolute Gasteiger partial charge is 0.104 e. The summed E-state index contributed by atoms with van der Waals surface area (Å²) in [6.45, 7) is 12.5. The molecule has 1 fully saturated rings. The Labute approximate surface area is 119 Å². The third-order valence-corrected chi connectivity index (χ3v) is 4.94. The number of likely N-dealkylation sites (tertiary alicyclic amines) is 1. The van der Waals surface area contributed by atoms with Crippen molar-refractivity contribution in [3.8, 4) is 0 Å². The number of rotatable bonds is 5. The topological polar surface area (TPSA) is 0 Å². The summed E-state index contributed by atoms with van der Waals surface area (Å²) in [4.78, 5) is 0. The van der Waals surface area contributed by atoms with E-state index in [4.69, 9.17) is 0 Å². The summed E-state index contributed by atoms with van der Waals surface area (Å²) in [5, 5.41) is 0. The molecule has 1 atom stereocenters. The lowest BCUT2D eigenvalue weighted by atomic mass is 9.94. The lowest BCUT2D eigenvalue weighted by Gasteiger charge is -2.44. The van der Waals surface area contributed by atoms with Gasteiger partial charge in [-0.25, -0.2) is 0 Å². The van der Waals surface area contributed by atoms with E-state index in [-0.39, 0.29) is 0 Å². The summed E-state index contributed by atoms with van der Waals surface area (Å²) in [7, 11) is 0. The van der Waals surface area contributed by atoms with Gasteiger partial charge in [0.05, 0.1) is 19.6 Å². The van der Waals surface area contributed by atoms with Crippen LogP contribution in [0.2, 0.25) is 0 Å². The highest BCUT2D eigenvalue weighted by molar-refractivity contribution is 5.13. The van der Waals surface area contributed by atoms with E-state index in [0.717, 1.165) is 11.8 Å². The van der Waals surface area contributed by atoms with E-state index >= 15 is 0 Å². The Morgan fingerprint density at radius 2 is 1.58 bits per heavy atom. The van der Waals surface area contributed by atoms with E-state index < -0.39 is 0 Å². The van der Waals surface area contributed by atoms with E-state index in [9.17, 15) is 0 Å². The summed E-state index contributed by atoms with van der Waals surface area (Å²) >= 11 is 0. The number of quaternary nitrogens is 1. The Bertz CT molecular complexity index is 363. The average Bonchev–Trinajstić information content (AvgIpc) is 2.40. The molecule has 1 aliphatic rings. The van der Waals surface area contributed by atoms with Gasteiger partial charge in [0.2, 0.25) is 0 Å². The second kappa shape index (κ2) is 6.56. The number of benzene rings is 1. The van der Waals surface area contributed by atoms with Crippen molar-refractivity contribution in [3.05, 3.63) is 35.9 Å². The SMILES string of the molecule is CC(C)C(C)C[N+]1(Cc2ccccc2)CCCCC1. The first kappa shape index (κ1) is 14.6. The van der Waals surface area contributed by atoms with E-state index in [0.29, 0.717) is 0 Å². The quantitative estimate of drug-likeness (QED) is 0.685. The number of nitrogens with zero attached hydrogens (tertiary/aromatic N) is 1. The standard InChI is InChI=1S/C18H30N/c1-16(2)17(3)14-19(12-8-5-9-13-19)15-18-10-6-4-7-11-18/h4,6-7,10-11,16-17H,5,8-9,12-15H2,1-3H3/q+1. The molecule has 0 spiro atoms. The fourth-order valence-corrected chi connectivity index (χ4v) is 3.38. The molecule has 1 heteroatoms. The summed E-state index contributed by atoms with van der Waals surface area (Å²) in [6.07, 6.45) is 4.26. The van der Waals surface area contributed by atoms with Crippen LogP contribution in [0.3, 0.4) is 0 Å². The summed E-state index contributed by atoms with van der Waals surface area (Å²) in [5.41, 5.74) is 1.51. The van der Waals surface area contributed by atoms with Gasteiger partial charge in [-0.05, 0) is 25.2 Å². The van der Waals surface area contributed by atoms with Crippen LogP contribution < -0.4 is 0 Å². The fraction of sp³-hybridized carbons (Fsp3) is 0.667. The van der Waals surface area contributed by atoms with Crippen molar-refractivity contribution in [2.75, 3.05) is 19.6 Å². The molecule has 1 aromatic rings. The largest absolute Gasteiger partial charge is 0.320 e. The van der Waals surface area contributed by atoms with E-state index in [1.165, 1.54) is 55.5 Å². The first-order valence-corrected chi connectivity index (χ1v) is 8.00. The maximum atomic E-state index is 2.43. The molecule has 0 saturated carbocycles. The number of piperidine rings is 1. The zero-order chi connectivity index (χ0) is 13.7. The minimum Gasteiger partial charge on any atom is -0.320 e. The van der Waals surface area contributed by atoms with E-state index in [1.54, 1.807) is 0 Å². The third-order valence-electron chi connectivity index (χ3n) is 4.94. The van der Waals surface area contributed by atoms with Crippen LogP contribution in [0, 0.1) is 11.8 Å². The van der Waals surface area contributed by atoms with Crippen molar-refractivity contribution in [2.45, 2.75) is 46.6 Å². The van der Waals surface area contributed by atoms with Crippen molar-refractivity contribution in [3.63, 3.8) is 0 Å². The Morgan fingerprint density at radius 1 is 0.947 bits per heavy atom. The second-order valence-electron chi connectivity index (χ2n) is 6.90. The highest BCUT2D eigenvalue weighted by atomic mass is 15.4. The fourth-order valence-electron chi connectivity index (χ4n) is 3.38. The van der Waals surface area contributed by atoms with Crippen LogP contribution in [0.15, 0.2) is 30.3 Å². The summed E-state index contributed by atoms with van der Waals surface area (Å²) in [5.74, 6) is 1.62. The molecule has 1 aliphatic heterocycles. The maximum Gasteiger partial charge on any atom is 0.104 e. The highest BCUT2D eigenvalue weighted by Crippen LogP contribution is 2.26. The van der Waals surface area contributed by atoms with Gasteiger partial charge in [-0.15, -0.1) is 0 Å². The number of hydrogen-bond acceptors (Lipinski definition) is 0. The van der Waals surface area contributed by atoms with Crippen molar-refractivity contribution < 1.29 is 4.48 Å². The Kier molecular flexibility index (Phi) is 5.04. The normalized spacial score (nSPS) is 20.4. The third kappa shape index (κ3) is 4.07. The van der Waals surface area contributed by atoms with Crippen LogP contribution in [-0.4, -0.2) is 24.1 Å². The first-order valence-electron chi connectivity index (χ1n) is 8.00. The van der Waals surface area contributed by atoms with Crippen LogP contribution in [0.4, 0.5) is 0 Å². The highest BCUT2D eigenvalue weighted by Gasteiger charge is 2.32. The van der Waals surface area contributed by atoms with Gasteiger partial charge in [0.1, 0.15) is 6.54 Å². The van der Waals surface area contributed by atoms with Gasteiger partial charge < -0.3 is 4.48 Å². The molecule has 106 valence electrons. The minimum atomic E-state index is 0.799. The monoisotopic (exact) mass is 260 g/mol. The van der Waals surface area contributed by atoms with Crippen molar-refractivity contribution in [1.29, 1.82) is 0 Å². The van der Waals surface area contributed by atoms with Gasteiger partial charge in [-0.1, -0.05) is 51.1 Å². The molecule has 1 nitrogen and oxygen atoms in total. The van der Waals surface area contributed by atoms with Crippen molar-refractivity contribution in [2.24, 2.45) is 11.8 Å². The minimum absolute atomic E-state index is 0.799. The predicted molar refractivity (Wildman–Crippen MR) is 82.9 cm³/mol.